The Kier molecular flexibility index (Phi) is 7.85. The van der Waals surface area contributed by atoms with E-state index >= 15 is 0 Å². The molecule has 18 heavy (non-hydrogen) atoms. The van der Waals surface area contributed by atoms with Gasteiger partial charge in [0.2, 0.25) is 0 Å². The van der Waals surface area contributed by atoms with E-state index in [2.05, 4.69) is 35.6 Å². The van der Waals surface area contributed by atoms with E-state index < -0.39 is 0 Å². The van der Waals surface area contributed by atoms with Gasteiger partial charge < -0.3 is 0 Å². The van der Waals surface area contributed by atoms with Gasteiger partial charge in [0.1, 0.15) is 6.33 Å². The minimum atomic E-state index is 1.50. The van der Waals surface area contributed by atoms with Crippen LogP contribution < -0.4 is 0 Å². The average molecular weight is 241 g/mol. The molecule has 0 aliphatic carbocycles. The Morgan fingerprint density at radius 2 is 0.944 bits per heavy atom. The molecule has 0 N–H and O–H groups in total. The molecule has 90 valence electrons. The van der Waals surface area contributed by atoms with Gasteiger partial charge in [-0.05, 0) is 29.5 Å². The van der Waals surface area contributed by atoms with Gasteiger partial charge in [-0.1, -0.05) is 0 Å². The summed E-state index contributed by atoms with van der Waals surface area (Å²) in [6, 6.07) is 7.15. The second kappa shape index (κ2) is 10.7. The molecule has 3 heterocycles. The minimum absolute atomic E-state index is 1.50. The lowest BCUT2D eigenvalue weighted by Gasteiger charge is -1.70. The summed E-state index contributed by atoms with van der Waals surface area (Å²) in [5.41, 5.74) is 0. The maximum absolute atomic E-state index is 3.67. The second-order valence-electron chi connectivity index (χ2n) is 2.63. The maximum atomic E-state index is 3.67. The van der Waals surface area contributed by atoms with E-state index in [-0.39, 0.29) is 0 Å². The van der Waals surface area contributed by atoms with Crippen molar-refractivity contribution < 1.29 is 0 Å². The predicted octanol–water partition coefficient (Wildman–Crippen LogP) is 0.825. The van der Waals surface area contributed by atoms with E-state index in [0.29, 0.717) is 0 Å². The van der Waals surface area contributed by atoms with Crippen molar-refractivity contribution in [2.75, 3.05) is 0 Å². The highest BCUT2D eigenvalue weighted by atomic mass is 15.3. The lowest BCUT2D eigenvalue weighted by atomic mass is 10.6. The molecule has 0 aromatic carbocycles. The summed E-state index contributed by atoms with van der Waals surface area (Å²) in [7, 11) is 0. The molecule has 3 rings (SSSR count). The summed E-state index contributed by atoms with van der Waals surface area (Å²) >= 11 is 0. The van der Waals surface area contributed by atoms with Gasteiger partial charge in [0.05, 0.1) is 12.4 Å². The van der Waals surface area contributed by atoms with Gasteiger partial charge in [0.25, 0.3) is 0 Å². The number of hydrogen-bond acceptors (Lipinski definition) is 7. The third-order valence-corrected chi connectivity index (χ3v) is 1.37. The fraction of sp³-hybridized carbons (Fsp3) is 0. The molecule has 0 radical (unpaired) electrons. The van der Waals surface area contributed by atoms with Crippen molar-refractivity contribution in [3.05, 3.63) is 67.8 Å². The van der Waals surface area contributed by atoms with Crippen molar-refractivity contribution in [3.8, 4) is 0 Å². The van der Waals surface area contributed by atoms with E-state index in [0.717, 1.165) is 0 Å². The SMILES string of the molecule is c1ccnnc1.c1cncnc1.c1cnnnc1. The van der Waals surface area contributed by atoms with Crippen LogP contribution in [0.2, 0.25) is 0 Å². The van der Waals surface area contributed by atoms with Crippen LogP contribution in [-0.4, -0.2) is 35.6 Å². The van der Waals surface area contributed by atoms with E-state index in [9.17, 15) is 0 Å². The van der Waals surface area contributed by atoms with Gasteiger partial charge in [0.15, 0.2) is 0 Å². The lowest BCUT2D eigenvalue weighted by molar-refractivity contribution is 0.865. The number of hydrogen-bond donors (Lipinski definition) is 0. The molecule has 0 aliphatic heterocycles. The van der Waals surface area contributed by atoms with Crippen molar-refractivity contribution in [2.24, 2.45) is 0 Å². The van der Waals surface area contributed by atoms with Crippen LogP contribution in [0, 0.1) is 0 Å². The van der Waals surface area contributed by atoms with Crippen LogP contribution in [0.15, 0.2) is 67.8 Å². The van der Waals surface area contributed by atoms with Crippen LogP contribution in [0.4, 0.5) is 0 Å². The Morgan fingerprint density at radius 1 is 0.444 bits per heavy atom. The predicted molar refractivity (Wildman–Crippen MR) is 63.9 cm³/mol. The first-order valence-electron chi connectivity index (χ1n) is 5.00. The maximum Gasteiger partial charge on any atom is 0.115 e. The van der Waals surface area contributed by atoms with Crippen molar-refractivity contribution in [2.45, 2.75) is 0 Å². The first-order valence-corrected chi connectivity index (χ1v) is 5.00. The summed E-state index contributed by atoms with van der Waals surface area (Å²) in [5.74, 6) is 0. The van der Waals surface area contributed by atoms with Crippen molar-refractivity contribution in [1.29, 1.82) is 0 Å². The summed E-state index contributed by atoms with van der Waals surface area (Å²) < 4.78 is 0. The zero-order chi connectivity index (χ0) is 12.7. The molecule has 7 heteroatoms. The Hall–Kier alpha value is -2.83. The van der Waals surface area contributed by atoms with Crippen LogP contribution in [0.1, 0.15) is 0 Å². The standard InChI is InChI=1S/2C4H4N2.C3H3N3/c1-2-5-4-6-3-1;2*1-2-4-6-5-3-1/h2*1-4H;1-3H. The van der Waals surface area contributed by atoms with Gasteiger partial charge in [0, 0.05) is 24.8 Å². The first kappa shape index (κ1) is 13.2. The Morgan fingerprint density at radius 3 is 1.11 bits per heavy atom. The third-order valence-electron chi connectivity index (χ3n) is 1.37. The minimum Gasteiger partial charge on any atom is -0.245 e. The molecule has 0 saturated carbocycles. The number of rotatable bonds is 0. The molecule has 0 bridgehead atoms. The monoisotopic (exact) mass is 241 g/mol. The molecular formula is C11H11N7. The van der Waals surface area contributed by atoms with Crippen LogP contribution in [0.3, 0.4) is 0 Å². The molecule has 0 amide bonds. The van der Waals surface area contributed by atoms with E-state index in [1.807, 2.05) is 12.1 Å². The Bertz CT molecular complexity index is 308. The molecule has 0 fully saturated rings. The van der Waals surface area contributed by atoms with Gasteiger partial charge >= 0.3 is 0 Å². The molecule has 0 atom stereocenters. The summed E-state index contributed by atoms with van der Waals surface area (Å²) in [5, 5.41) is 17.2. The topological polar surface area (TPSA) is 90.2 Å². The fourth-order valence-corrected chi connectivity index (χ4v) is 0.712. The summed E-state index contributed by atoms with van der Waals surface area (Å²) in [6.07, 6.45) is 11.3. The lowest BCUT2D eigenvalue weighted by Crippen LogP contribution is -1.78. The zero-order valence-electron chi connectivity index (χ0n) is 9.48. The Labute approximate surface area is 104 Å². The van der Waals surface area contributed by atoms with Gasteiger partial charge in [-0.15, -0.1) is 10.2 Å². The van der Waals surface area contributed by atoms with Crippen LogP contribution in [0.5, 0.6) is 0 Å². The normalized spacial score (nSPS) is 8.00. The van der Waals surface area contributed by atoms with Crippen molar-refractivity contribution in [3.63, 3.8) is 0 Å². The van der Waals surface area contributed by atoms with Crippen molar-refractivity contribution in [1.82, 2.24) is 35.6 Å². The molecule has 7 nitrogen and oxygen atoms in total. The molecule has 0 aliphatic rings. The third kappa shape index (κ3) is 8.48. The van der Waals surface area contributed by atoms with Crippen LogP contribution in [-0.2, 0) is 0 Å². The fourth-order valence-electron chi connectivity index (χ4n) is 0.712. The molecule has 3 aromatic heterocycles. The van der Waals surface area contributed by atoms with E-state index in [1.165, 1.54) is 6.33 Å². The zero-order valence-corrected chi connectivity index (χ0v) is 9.48. The number of nitrogens with zero attached hydrogens (tertiary/aromatic N) is 7. The smallest absolute Gasteiger partial charge is 0.115 e. The molecule has 3 aromatic rings. The summed E-state index contributed by atoms with van der Waals surface area (Å²) in [4.78, 5) is 7.35. The molecular weight excluding hydrogens is 230 g/mol. The average Bonchev–Trinajstić information content (AvgIpc) is 2.54. The number of aromatic nitrogens is 7. The van der Waals surface area contributed by atoms with Crippen LogP contribution >= 0.6 is 0 Å². The van der Waals surface area contributed by atoms with Gasteiger partial charge in [-0.25, -0.2) is 9.97 Å². The first-order chi connectivity index (χ1) is 9.00. The highest BCUT2D eigenvalue weighted by molar-refractivity contribution is 4.80. The quantitative estimate of drug-likeness (QED) is 0.575. The highest BCUT2D eigenvalue weighted by Gasteiger charge is 1.61. The largest absolute Gasteiger partial charge is 0.245 e. The highest BCUT2D eigenvalue weighted by Crippen LogP contribution is 1.68. The second-order valence-corrected chi connectivity index (χ2v) is 2.63. The summed E-state index contributed by atoms with van der Waals surface area (Å²) in [6.45, 7) is 0. The van der Waals surface area contributed by atoms with Gasteiger partial charge in [-0.2, -0.15) is 10.2 Å². The van der Waals surface area contributed by atoms with E-state index in [4.69, 9.17) is 0 Å². The van der Waals surface area contributed by atoms with E-state index in [1.54, 1.807) is 49.3 Å². The van der Waals surface area contributed by atoms with Crippen LogP contribution in [0.25, 0.3) is 0 Å². The molecule has 0 spiro atoms. The van der Waals surface area contributed by atoms with Gasteiger partial charge in [-0.3, -0.25) is 0 Å². The molecule has 0 unspecified atom stereocenters. The Balaban J connectivity index is 0.000000135. The van der Waals surface area contributed by atoms with Crippen molar-refractivity contribution >= 4 is 0 Å². The molecule has 0 saturated heterocycles.